The molecule has 2 N–H and O–H groups in total. The standard InChI is InChI=1S/C17H14F6N2O4/c18-16(19,20)5-1-7-28-13-3-2-11(29-17(21,22)23)9-12(13)15(27)25-10-4-6-24-14(26)8-10/h2-4,6,8-9H,1,5,7H2,(H2,24,25,26,27). The normalized spacial score (nSPS) is 11.8. The minimum absolute atomic E-state index is 0.0453. The molecule has 6 nitrogen and oxygen atoms in total. The Hall–Kier alpha value is -3.18. The maximum atomic E-state index is 12.4. The molecule has 1 heterocycles. The highest BCUT2D eigenvalue weighted by atomic mass is 19.4. The van der Waals surface area contributed by atoms with Crippen LogP contribution in [-0.4, -0.2) is 30.0 Å². The zero-order chi connectivity index (χ0) is 21.7. The lowest BCUT2D eigenvalue weighted by Crippen LogP contribution is -2.19. The van der Waals surface area contributed by atoms with Crippen molar-refractivity contribution in [1.29, 1.82) is 0 Å². The second-order valence-corrected chi connectivity index (χ2v) is 5.67. The molecule has 0 spiro atoms. The SMILES string of the molecule is O=C(Nc1cc[nH]c(=O)c1)c1cc(OC(F)(F)F)ccc1OCCCC(F)(F)F. The molecule has 2 rings (SSSR count). The molecule has 0 saturated heterocycles. The Balaban J connectivity index is 2.22. The number of nitrogens with one attached hydrogen (secondary N) is 2. The fourth-order valence-corrected chi connectivity index (χ4v) is 2.19. The highest BCUT2D eigenvalue weighted by molar-refractivity contribution is 6.06. The van der Waals surface area contributed by atoms with Crippen LogP contribution in [0.3, 0.4) is 0 Å². The lowest BCUT2D eigenvalue weighted by Gasteiger charge is -2.15. The molecule has 0 radical (unpaired) electrons. The fourth-order valence-electron chi connectivity index (χ4n) is 2.19. The van der Waals surface area contributed by atoms with Crippen molar-refractivity contribution in [2.24, 2.45) is 0 Å². The summed E-state index contributed by atoms with van der Waals surface area (Å²) in [6.07, 6.45) is -9.73. The van der Waals surface area contributed by atoms with Gasteiger partial charge in [0.25, 0.3) is 5.91 Å². The van der Waals surface area contributed by atoms with Crippen molar-refractivity contribution in [2.45, 2.75) is 25.4 Å². The van der Waals surface area contributed by atoms with Crippen LogP contribution in [0.4, 0.5) is 32.0 Å². The summed E-state index contributed by atoms with van der Waals surface area (Å²) in [5.41, 5.74) is -0.913. The number of rotatable bonds is 7. The zero-order valence-corrected chi connectivity index (χ0v) is 14.5. The number of hydrogen-bond acceptors (Lipinski definition) is 4. The van der Waals surface area contributed by atoms with E-state index in [4.69, 9.17) is 4.74 Å². The van der Waals surface area contributed by atoms with Gasteiger partial charge in [-0.25, -0.2) is 0 Å². The van der Waals surface area contributed by atoms with E-state index in [0.717, 1.165) is 24.3 Å². The average Bonchev–Trinajstić information content (AvgIpc) is 2.57. The summed E-state index contributed by atoms with van der Waals surface area (Å²) in [6.45, 7) is -0.426. The molecule has 1 aromatic carbocycles. The van der Waals surface area contributed by atoms with Crippen LogP contribution >= 0.6 is 0 Å². The summed E-state index contributed by atoms with van der Waals surface area (Å²) < 4.78 is 82.8. The van der Waals surface area contributed by atoms with Crippen LogP contribution in [0.2, 0.25) is 0 Å². The number of amides is 1. The number of ether oxygens (including phenoxy) is 2. The second-order valence-electron chi connectivity index (χ2n) is 5.67. The summed E-state index contributed by atoms with van der Waals surface area (Å²) in [5.74, 6) is -1.92. The van der Waals surface area contributed by atoms with Crippen LogP contribution in [0, 0.1) is 0 Å². The maximum Gasteiger partial charge on any atom is 0.573 e. The van der Waals surface area contributed by atoms with E-state index in [1.54, 1.807) is 0 Å². The minimum atomic E-state index is -5.02. The molecule has 0 aliphatic carbocycles. The molecule has 0 saturated carbocycles. The molecule has 2 aromatic rings. The molecule has 1 amide bonds. The number of H-pyrrole nitrogens is 1. The number of aromatic nitrogens is 1. The van der Waals surface area contributed by atoms with E-state index < -0.39 is 54.8 Å². The molecule has 0 aliphatic rings. The highest BCUT2D eigenvalue weighted by Crippen LogP contribution is 2.30. The Kier molecular flexibility index (Phi) is 6.77. The molecule has 158 valence electrons. The summed E-state index contributed by atoms with van der Waals surface area (Å²) >= 11 is 0. The van der Waals surface area contributed by atoms with E-state index in [9.17, 15) is 35.9 Å². The quantitative estimate of drug-likeness (QED) is 0.515. The van der Waals surface area contributed by atoms with Crippen molar-refractivity contribution < 1.29 is 40.6 Å². The Morgan fingerprint density at radius 2 is 1.79 bits per heavy atom. The van der Waals surface area contributed by atoms with E-state index >= 15 is 0 Å². The second kappa shape index (κ2) is 8.88. The van der Waals surface area contributed by atoms with Gasteiger partial charge in [0.2, 0.25) is 5.56 Å². The van der Waals surface area contributed by atoms with E-state index in [0.29, 0.717) is 0 Å². The molecule has 12 heteroatoms. The minimum Gasteiger partial charge on any atom is -0.493 e. The van der Waals surface area contributed by atoms with Crippen molar-refractivity contribution in [3.8, 4) is 11.5 Å². The summed E-state index contributed by atoms with van der Waals surface area (Å²) in [5, 5.41) is 2.29. The van der Waals surface area contributed by atoms with Crippen LogP contribution in [0.15, 0.2) is 41.3 Å². The number of hydrogen-bond donors (Lipinski definition) is 2. The number of aromatic amines is 1. The van der Waals surface area contributed by atoms with Crippen LogP contribution in [0.25, 0.3) is 0 Å². The van der Waals surface area contributed by atoms with Crippen LogP contribution < -0.4 is 20.3 Å². The van der Waals surface area contributed by atoms with Gasteiger partial charge in [-0.1, -0.05) is 0 Å². The Morgan fingerprint density at radius 3 is 2.41 bits per heavy atom. The molecule has 0 atom stereocenters. The topological polar surface area (TPSA) is 80.4 Å². The first-order valence-electron chi connectivity index (χ1n) is 8.02. The first-order chi connectivity index (χ1) is 13.4. The van der Waals surface area contributed by atoms with E-state index in [2.05, 4.69) is 15.0 Å². The average molecular weight is 424 g/mol. The lowest BCUT2D eigenvalue weighted by atomic mass is 10.1. The molecular weight excluding hydrogens is 410 g/mol. The van der Waals surface area contributed by atoms with Gasteiger partial charge in [0, 0.05) is 24.4 Å². The third-order valence-electron chi connectivity index (χ3n) is 3.32. The first-order valence-corrected chi connectivity index (χ1v) is 8.02. The molecule has 0 aliphatic heterocycles. The Morgan fingerprint density at radius 1 is 1.07 bits per heavy atom. The summed E-state index contributed by atoms with van der Waals surface area (Å²) in [7, 11) is 0. The number of anilines is 1. The number of halogens is 6. The van der Waals surface area contributed by atoms with Gasteiger partial charge < -0.3 is 19.8 Å². The van der Waals surface area contributed by atoms with Crippen LogP contribution in [0.1, 0.15) is 23.2 Å². The van der Waals surface area contributed by atoms with Crippen molar-refractivity contribution in [2.75, 3.05) is 11.9 Å². The van der Waals surface area contributed by atoms with E-state index in [1.807, 2.05) is 0 Å². The summed E-state index contributed by atoms with van der Waals surface area (Å²) in [6, 6.07) is 4.91. The highest BCUT2D eigenvalue weighted by Gasteiger charge is 2.32. The van der Waals surface area contributed by atoms with Gasteiger partial charge in [0.05, 0.1) is 12.2 Å². The summed E-state index contributed by atoms with van der Waals surface area (Å²) in [4.78, 5) is 26.0. The number of pyridine rings is 1. The van der Waals surface area contributed by atoms with Gasteiger partial charge in [-0.3, -0.25) is 9.59 Å². The Labute approximate surface area is 159 Å². The zero-order valence-electron chi connectivity index (χ0n) is 14.5. The van der Waals surface area contributed by atoms with E-state index in [-0.39, 0.29) is 11.4 Å². The van der Waals surface area contributed by atoms with Gasteiger partial charge >= 0.3 is 12.5 Å². The molecule has 29 heavy (non-hydrogen) atoms. The predicted molar refractivity (Wildman–Crippen MR) is 88.9 cm³/mol. The van der Waals surface area contributed by atoms with Crippen molar-refractivity contribution in [3.05, 3.63) is 52.4 Å². The third-order valence-corrected chi connectivity index (χ3v) is 3.32. The van der Waals surface area contributed by atoms with Crippen molar-refractivity contribution in [1.82, 2.24) is 4.98 Å². The number of carbonyl (C=O) groups excluding carboxylic acids is 1. The monoisotopic (exact) mass is 424 g/mol. The number of alkyl halides is 6. The Bertz CT molecular complexity index is 908. The van der Waals surface area contributed by atoms with E-state index in [1.165, 1.54) is 12.3 Å². The number of benzene rings is 1. The van der Waals surface area contributed by atoms with Gasteiger partial charge in [0.1, 0.15) is 11.5 Å². The molecule has 0 unspecified atom stereocenters. The maximum absolute atomic E-state index is 12.4. The third kappa shape index (κ3) is 7.76. The van der Waals surface area contributed by atoms with Crippen molar-refractivity contribution in [3.63, 3.8) is 0 Å². The smallest absolute Gasteiger partial charge is 0.493 e. The van der Waals surface area contributed by atoms with Crippen molar-refractivity contribution >= 4 is 11.6 Å². The first kappa shape index (κ1) is 22.1. The van der Waals surface area contributed by atoms with Crippen LogP contribution in [-0.2, 0) is 0 Å². The molecule has 1 aromatic heterocycles. The van der Waals surface area contributed by atoms with Gasteiger partial charge in [-0.15, -0.1) is 13.2 Å². The fraction of sp³-hybridized carbons (Fsp3) is 0.294. The molecular formula is C17H14F6N2O4. The van der Waals surface area contributed by atoms with Crippen LogP contribution in [0.5, 0.6) is 11.5 Å². The largest absolute Gasteiger partial charge is 0.573 e. The van der Waals surface area contributed by atoms with Gasteiger partial charge in [-0.2, -0.15) is 13.2 Å². The lowest BCUT2D eigenvalue weighted by molar-refractivity contribution is -0.274. The predicted octanol–water partition coefficient (Wildman–Crippen LogP) is 4.25. The van der Waals surface area contributed by atoms with Gasteiger partial charge in [-0.05, 0) is 30.7 Å². The molecule has 0 bridgehead atoms. The van der Waals surface area contributed by atoms with Gasteiger partial charge in [0.15, 0.2) is 0 Å². The number of carbonyl (C=O) groups is 1. The molecule has 0 fully saturated rings.